The van der Waals surface area contributed by atoms with Crippen LogP contribution >= 0.6 is 11.9 Å². The fraction of sp³-hybridized carbons (Fsp3) is 0.185. The number of aryl methyl sites for hydroxylation is 1. The average Bonchev–Trinajstić information content (AvgIpc) is 3.31. The van der Waals surface area contributed by atoms with Crippen LogP contribution in [0.2, 0.25) is 0 Å². The molecule has 0 spiro atoms. The molecule has 3 aromatic carbocycles. The molecule has 0 saturated heterocycles. The standard InChI is InChI=1S/C27H27FN4O3S/c1-18-15-29-32(17-18)24-11-9-21(31-27(33)12-19-6-4-5-7-23(19)28)13-26(24)36-30-16-20-8-10-22(34-2)14-25(20)35-3/h4-11,13-15,17,30H,12,16H2,1-3H3,(H,31,33). The van der Waals surface area contributed by atoms with E-state index in [0.29, 0.717) is 17.8 Å². The van der Waals surface area contributed by atoms with Crippen molar-refractivity contribution in [3.8, 4) is 17.2 Å². The average molecular weight is 507 g/mol. The van der Waals surface area contributed by atoms with Gasteiger partial charge in [0.1, 0.15) is 17.3 Å². The number of hydrogen-bond donors (Lipinski definition) is 2. The first-order chi connectivity index (χ1) is 17.5. The first-order valence-electron chi connectivity index (χ1n) is 11.3. The zero-order chi connectivity index (χ0) is 25.5. The van der Waals surface area contributed by atoms with Gasteiger partial charge in [0.15, 0.2) is 0 Å². The topological polar surface area (TPSA) is 77.4 Å². The maximum absolute atomic E-state index is 14.0. The van der Waals surface area contributed by atoms with Crippen molar-refractivity contribution in [1.29, 1.82) is 0 Å². The molecular weight excluding hydrogens is 479 g/mol. The van der Waals surface area contributed by atoms with Crippen molar-refractivity contribution in [3.63, 3.8) is 0 Å². The number of ether oxygens (including phenoxy) is 2. The highest BCUT2D eigenvalue weighted by molar-refractivity contribution is 7.97. The van der Waals surface area contributed by atoms with Gasteiger partial charge in [-0.25, -0.2) is 9.07 Å². The Morgan fingerprint density at radius 3 is 2.61 bits per heavy atom. The van der Waals surface area contributed by atoms with Crippen LogP contribution in [0.1, 0.15) is 16.7 Å². The first-order valence-corrected chi connectivity index (χ1v) is 12.1. The molecule has 4 aromatic rings. The van der Waals surface area contributed by atoms with Gasteiger partial charge >= 0.3 is 0 Å². The summed E-state index contributed by atoms with van der Waals surface area (Å²) in [5.74, 6) is 0.749. The molecule has 0 atom stereocenters. The monoisotopic (exact) mass is 506 g/mol. The lowest BCUT2D eigenvalue weighted by atomic mass is 10.1. The highest BCUT2D eigenvalue weighted by Gasteiger charge is 2.13. The molecule has 1 aromatic heterocycles. The molecule has 7 nitrogen and oxygen atoms in total. The number of nitrogens with zero attached hydrogens (tertiary/aromatic N) is 2. The van der Waals surface area contributed by atoms with Crippen LogP contribution in [0.3, 0.4) is 0 Å². The number of benzene rings is 3. The maximum atomic E-state index is 14.0. The molecule has 9 heteroatoms. The number of nitrogens with one attached hydrogen (secondary N) is 2. The van der Waals surface area contributed by atoms with E-state index in [1.165, 1.54) is 18.0 Å². The van der Waals surface area contributed by atoms with Crippen molar-refractivity contribution < 1.29 is 18.7 Å². The van der Waals surface area contributed by atoms with Gasteiger partial charge in [0, 0.05) is 30.1 Å². The fourth-order valence-corrected chi connectivity index (χ4v) is 4.45. The Balaban J connectivity index is 1.51. The van der Waals surface area contributed by atoms with Gasteiger partial charge in [-0.15, -0.1) is 0 Å². The van der Waals surface area contributed by atoms with E-state index in [1.54, 1.807) is 43.3 Å². The molecule has 2 N–H and O–H groups in total. The van der Waals surface area contributed by atoms with Crippen LogP contribution in [-0.4, -0.2) is 29.9 Å². The highest BCUT2D eigenvalue weighted by Crippen LogP contribution is 2.29. The van der Waals surface area contributed by atoms with Gasteiger partial charge in [-0.3, -0.25) is 9.52 Å². The van der Waals surface area contributed by atoms with Gasteiger partial charge in [0.2, 0.25) is 5.91 Å². The number of aromatic nitrogens is 2. The minimum Gasteiger partial charge on any atom is -0.497 e. The van der Waals surface area contributed by atoms with Crippen LogP contribution in [0.5, 0.6) is 11.5 Å². The van der Waals surface area contributed by atoms with Crippen molar-refractivity contribution in [2.24, 2.45) is 0 Å². The summed E-state index contributed by atoms with van der Waals surface area (Å²) in [6.45, 7) is 2.50. The van der Waals surface area contributed by atoms with Gasteiger partial charge in [0.25, 0.3) is 0 Å². The quantitative estimate of drug-likeness (QED) is 0.284. The summed E-state index contributed by atoms with van der Waals surface area (Å²) in [5.41, 5.74) is 3.81. The number of rotatable bonds is 10. The van der Waals surface area contributed by atoms with Crippen LogP contribution in [0, 0.1) is 12.7 Å². The second-order valence-electron chi connectivity index (χ2n) is 8.06. The Kier molecular flexibility index (Phi) is 8.24. The van der Waals surface area contributed by atoms with Crippen LogP contribution in [-0.2, 0) is 17.8 Å². The Morgan fingerprint density at radius 1 is 1.06 bits per heavy atom. The lowest BCUT2D eigenvalue weighted by Gasteiger charge is -2.14. The maximum Gasteiger partial charge on any atom is 0.228 e. The zero-order valence-corrected chi connectivity index (χ0v) is 21.1. The van der Waals surface area contributed by atoms with Crippen molar-refractivity contribution in [2.45, 2.75) is 24.8 Å². The van der Waals surface area contributed by atoms with Gasteiger partial charge in [-0.2, -0.15) is 5.10 Å². The van der Waals surface area contributed by atoms with Crippen LogP contribution < -0.4 is 19.5 Å². The van der Waals surface area contributed by atoms with Gasteiger partial charge < -0.3 is 14.8 Å². The van der Waals surface area contributed by atoms with Crippen molar-refractivity contribution in [3.05, 3.63) is 95.6 Å². The summed E-state index contributed by atoms with van der Waals surface area (Å²) >= 11 is 1.41. The number of halogens is 1. The predicted molar refractivity (Wildman–Crippen MR) is 139 cm³/mol. The number of carbonyl (C=O) groups excluding carboxylic acids is 1. The third-order valence-corrected chi connectivity index (χ3v) is 6.29. The number of amides is 1. The molecule has 186 valence electrons. The van der Waals surface area contributed by atoms with E-state index in [-0.39, 0.29) is 12.3 Å². The minimum absolute atomic E-state index is 0.0508. The van der Waals surface area contributed by atoms with Crippen LogP contribution in [0.25, 0.3) is 5.69 Å². The van der Waals surface area contributed by atoms with Crippen LogP contribution in [0.4, 0.5) is 10.1 Å². The summed E-state index contributed by atoms with van der Waals surface area (Å²) in [4.78, 5) is 13.4. The molecule has 36 heavy (non-hydrogen) atoms. The van der Waals surface area contributed by atoms with E-state index in [9.17, 15) is 9.18 Å². The summed E-state index contributed by atoms with van der Waals surface area (Å²) in [7, 11) is 3.24. The molecule has 4 rings (SSSR count). The Bertz CT molecular complexity index is 1360. The Hall–Kier alpha value is -3.82. The molecule has 0 radical (unpaired) electrons. The lowest BCUT2D eigenvalue weighted by Crippen LogP contribution is -2.15. The van der Waals surface area contributed by atoms with E-state index in [1.807, 2.05) is 49.5 Å². The smallest absolute Gasteiger partial charge is 0.228 e. The Morgan fingerprint density at radius 2 is 1.89 bits per heavy atom. The van der Waals surface area contributed by atoms with Gasteiger partial charge in [-0.1, -0.05) is 24.3 Å². The van der Waals surface area contributed by atoms with Crippen molar-refractivity contribution >= 4 is 23.5 Å². The fourth-order valence-electron chi connectivity index (χ4n) is 3.62. The second-order valence-corrected chi connectivity index (χ2v) is 8.99. The summed E-state index contributed by atoms with van der Waals surface area (Å²) in [5, 5.41) is 7.30. The summed E-state index contributed by atoms with van der Waals surface area (Å²) in [6.07, 6.45) is 3.67. The van der Waals surface area contributed by atoms with E-state index in [2.05, 4.69) is 15.1 Å². The van der Waals surface area contributed by atoms with E-state index < -0.39 is 5.82 Å². The van der Waals surface area contributed by atoms with Gasteiger partial charge in [-0.05, 0) is 60.3 Å². The summed E-state index contributed by atoms with van der Waals surface area (Å²) in [6, 6.07) is 17.5. The molecule has 0 bridgehead atoms. The number of hydrogen-bond acceptors (Lipinski definition) is 6. The Labute approximate surface area is 213 Å². The lowest BCUT2D eigenvalue weighted by molar-refractivity contribution is -0.115. The van der Waals surface area contributed by atoms with Gasteiger partial charge in [0.05, 0.1) is 37.4 Å². The van der Waals surface area contributed by atoms with Crippen molar-refractivity contribution in [2.75, 3.05) is 19.5 Å². The molecule has 0 fully saturated rings. The molecule has 1 heterocycles. The SMILES string of the molecule is COc1ccc(CNSc2cc(NC(=O)Cc3ccccc3F)ccc2-n2cc(C)cn2)c(OC)c1. The molecule has 0 aliphatic heterocycles. The molecule has 0 aliphatic carbocycles. The molecule has 1 amide bonds. The number of methoxy groups -OCH3 is 2. The van der Waals surface area contributed by atoms with E-state index >= 15 is 0 Å². The number of carbonyl (C=O) groups is 1. The molecule has 0 saturated carbocycles. The van der Waals surface area contributed by atoms with E-state index in [4.69, 9.17) is 9.47 Å². The van der Waals surface area contributed by atoms with Crippen molar-refractivity contribution in [1.82, 2.24) is 14.5 Å². The normalized spacial score (nSPS) is 10.8. The molecule has 0 unspecified atom stereocenters. The highest BCUT2D eigenvalue weighted by atomic mass is 32.2. The predicted octanol–water partition coefficient (Wildman–Crippen LogP) is 5.32. The van der Waals surface area contributed by atoms with E-state index in [0.717, 1.165) is 33.2 Å². The summed E-state index contributed by atoms with van der Waals surface area (Å²) < 4.78 is 29.9. The third kappa shape index (κ3) is 6.24. The minimum atomic E-state index is -0.397. The molecule has 0 aliphatic rings. The molecular formula is C27H27FN4O3S. The van der Waals surface area contributed by atoms with Crippen LogP contribution in [0.15, 0.2) is 78.0 Å². The largest absolute Gasteiger partial charge is 0.497 e. The zero-order valence-electron chi connectivity index (χ0n) is 20.2. The third-order valence-electron chi connectivity index (χ3n) is 5.45. The number of anilines is 1. The second kappa shape index (κ2) is 11.7. The first kappa shape index (κ1) is 25.3.